The number of carbonyl (C=O) groups is 4. The Morgan fingerprint density at radius 1 is 1.22 bits per heavy atom. The average Bonchev–Trinajstić information content (AvgIpc) is 2.64. The minimum atomic E-state index is -0.953. The molecule has 0 bridgehead atoms. The Hall–Kier alpha value is -3.10. The second kappa shape index (κ2) is 9.56. The Morgan fingerprint density at radius 3 is 2.67 bits per heavy atom. The fourth-order valence-electron chi connectivity index (χ4n) is 2.67. The molecule has 0 saturated carbocycles. The first-order chi connectivity index (χ1) is 13.0. The second-order valence-electron chi connectivity index (χ2n) is 5.74. The molecule has 1 atom stereocenters. The molecular weight excluding hydrogens is 354 g/mol. The highest BCUT2D eigenvalue weighted by atomic mass is 16.5. The van der Waals surface area contributed by atoms with Gasteiger partial charge in [-0.05, 0) is 32.0 Å². The number of piperazine rings is 1. The molecule has 27 heavy (non-hydrogen) atoms. The normalized spacial score (nSPS) is 16.3. The highest BCUT2D eigenvalue weighted by molar-refractivity contribution is 5.97. The summed E-state index contributed by atoms with van der Waals surface area (Å²) in [5.41, 5.74) is 0.681. The molecule has 2 N–H and O–H groups in total. The van der Waals surface area contributed by atoms with E-state index in [1.807, 2.05) is 0 Å². The molecule has 1 heterocycles. The van der Waals surface area contributed by atoms with Crippen LogP contribution in [0.5, 0.6) is 0 Å². The van der Waals surface area contributed by atoms with Gasteiger partial charge in [-0.3, -0.25) is 9.59 Å². The van der Waals surface area contributed by atoms with Gasteiger partial charge in [-0.15, -0.1) is 0 Å². The number of hydrogen-bond donors (Lipinski definition) is 2. The molecule has 9 heteroatoms. The van der Waals surface area contributed by atoms with Crippen molar-refractivity contribution in [1.29, 1.82) is 0 Å². The van der Waals surface area contributed by atoms with Crippen molar-refractivity contribution in [3.05, 3.63) is 29.8 Å². The van der Waals surface area contributed by atoms with E-state index in [1.54, 1.807) is 32.0 Å². The van der Waals surface area contributed by atoms with Crippen LogP contribution >= 0.6 is 0 Å². The number of urea groups is 1. The number of ether oxygens (including phenoxy) is 2. The van der Waals surface area contributed by atoms with Gasteiger partial charge < -0.3 is 25.0 Å². The third kappa shape index (κ3) is 5.44. The fraction of sp³-hybridized carbons (Fsp3) is 0.444. The molecule has 1 fully saturated rings. The van der Waals surface area contributed by atoms with Crippen LogP contribution in [0.4, 0.5) is 10.5 Å². The minimum absolute atomic E-state index is 0.194. The van der Waals surface area contributed by atoms with Gasteiger partial charge in [-0.2, -0.15) is 0 Å². The van der Waals surface area contributed by atoms with E-state index < -0.39 is 29.9 Å². The zero-order valence-electron chi connectivity index (χ0n) is 15.3. The van der Waals surface area contributed by atoms with Crippen molar-refractivity contribution in [3.63, 3.8) is 0 Å². The summed E-state index contributed by atoms with van der Waals surface area (Å²) in [7, 11) is 0. The SMILES string of the molecule is CCOC(=O)CC1C(=O)NCCN1C(=O)Nc1cccc(C(=O)OCC)c1. The summed E-state index contributed by atoms with van der Waals surface area (Å²) in [5, 5.41) is 5.29. The van der Waals surface area contributed by atoms with E-state index in [0.717, 1.165) is 0 Å². The van der Waals surface area contributed by atoms with E-state index in [0.29, 0.717) is 11.3 Å². The third-order valence-electron chi connectivity index (χ3n) is 3.88. The number of amides is 3. The molecule has 1 aliphatic heterocycles. The van der Waals surface area contributed by atoms with Crippen molar-refractivity contribution in [2.24, 2.45) is 0 Å². The van der Waals surface area contributed by atoms with Crippen LogP contribution in [0.25, 0.3) is 0 Å². The molecular formula is C18H23N3O6. The van der Waals surface area contributed by atoms with Crippen molar-refractivity contribution >= 4 is 29.6 Å². The van der Waals surface area contributed by atoms with Crippen molar-refractivity contribution in [3.8, 4) is 0 Å². The largest absolute Gasteiger partial charge is 0.466 e. The molecule has 1 aromatic carbocycles. The van der Waals surface area contributed by atoms with Gasteiger partial charge in [0.1, 0.15) is 6.04 Å². The Morgan fingerprint density at radius 2 is 1.96 bits per heavy atom. The molecule has 0 aromatic heterocycles. The smallest absolute Gasteiger partial charge is 0.338 e. The summed E-state index contributed by atoms with van der Waals surface area (Å²) < 4.78 is 9.81. The molecule has 146 valence electrons. The first-order valence-electron chi connectivity index (χ1n) is 8.74. The lowest BCUT2D eigenvalue weighted by Gasteiger charge is -2.34. The zero-order valence-corrected chi connectivity index (χ0v) is 15.3. The molecule has 0 spiro atoms. The summed E-state index contributed by atoms with van der Waals surface area (Å²) in [4.78, 5) is 49.6. The summed E-state index contributed by atoms with van der Waals surface area (Å²) in [5.74, 6) is -1.46. The van der Waals surface area contributed by atoms with Gasteiger partial charge in [0.15, 0.2) is 0 Å². The predicted molar refractivity (Wildman–Crippen MR) is 96.2 cm³/mol. The van der Waals surface area contributed by atoms with Crippen molar-refractivity contribution in [1.82, 2.24) is 10.2 Å². The Kier molecular flexibility index (Phi) is 7.16. The lowest BCUT2D eigenvalue weighted by molar-refractivity contribution is -0.147. The number of hydrogen-bond acceptors (Lipinski definition) is 6. The molecule has 1 aromatic rings. The zero-order chi connectivity index (χ0) is 19.8. The molecule has 3 amide bonds. The minimum Gasteiger partial charge on any atom is -0.466 e. The molecule has 0 aliphatic carbocycles. The van der Waals surface area contributed by atoms with Crippen molar-refractivity contribution in [2.45, 2.75) is 26.3 Å². The highest BCUT2D eigenvalue weighted by Gasteiger charge is 2.35. The number of anilines is 1. The topological polar surface area (TPSA) is 114 Å². The standard InChI is InChI=1S/C18H23N3O6/c1-3-26-15(22)11-14-16(23)19-8-9-21(14)18(25)20-13-7-5-6-12(10-13)17(24)27-4-2/h5-7,10,14H,3-4,8-9,11H2,1-2H3,(H,19,23)(H,20,25). The van der Waals surface area contributed by atoms with E-state index in [-0.39, 0.29) is 32.7 Å². The van der Waals surface area contributed by atoms with Gasteiger partial charge in [-0.25, -0.2) is 9.59 Å². The van der Waals surface area contributed by atoms with Crippen molar-refractivity contribution < 1.29 is 28.7 Å². The maximum absolute atomic E-state index is 12.6. The number of nitrogens with zero attached hydrogens (tertiary/aromatic N) is 1. The summed E-state index contributed by atoms with van der Waals surface area (Å²) in [6.07, 6.45) is -0.226. The second-order valence-corrected chi connectivity index (χ2v) is 5.74. The van der Waals surface area contributed by atoms with Crippen LogP contribution in [-0.2, 0) is 19.1 Å². The van der Waals surface area contributed by atoms with Crippen molar-refractivity contribution in [2.75, 3.05) is 31.6 Å². The lowest BCUT2D eigenvalue weighted by atomic mass is 10.1. The van der Waals surface area contributed by atoms with Gasteiger partial charge in [-0.1, -0.05) is 6.07 Å². The molecule has 1 unspecified atom stereocenters. The highest BCUT2D eigenvalue weighted by Crippen LogP contribution is 2.16. The monoisotopic (exact) mass is 377 g/mol. The number of benzene rings is 1. The molecule has 1 saturated heterocycles. The van der Waals surface area contributed by atoms with Gasteiger partial charge in [0.05, 0.1) is 25.2 Å². The van der Waals surface area contributed by atoms with E-state index >= 15 is 0 Å². The molecule has 9 nitrogen and oxygen atoms in total. The van der Waals surface area contributed by atoms with Crippen LogP contribution in [0.2, 0.25) is 0 Å². The molecule has 2 rings (SSSR count). The third-order valence-corrected chi connectivity index (χ3v) is 3.88. The van der Waals surface area contributed by atoms with Gasteiger partial charge in [0.2, 0.25) is 5.91 Å². The van der Waals surface area contributed by atoms with Crippen LogP contribution in [0, 0.1) is 0 Å². The van der Waals surface area contributed by atoms with Gasteiger partial charge in [0, 0.05) is 18.8 Å². The van der Waals surface area contributed by atoms with Crippen LogP contribution in [0.1, 0.15) is 30.6 Å². The fourth-order valence-corrected chi connectivity index (χ4v) is 2.67. The maximum Gasteiger partial charge on any atom is 0.338 e. The maximum atomic E-state index is 12.6. The number of carbonyl (C=O) groups excluding carboxylic acids is 4. The van der Waals surface area contributed by atoms with Gasteiger partial charge >= 0.3 is 18.0 Å². The Balaban J connectivity index is 2.10. The molecule has 1 aliphatic rings. The van der Waals surface area contributed by atoms with E-state index in [1.165, 1.54) is 11.0 Å². The first-order valence-corrected chi connectivity index (χ1v) is 8.74. The van der Waals surface area contributed by atoms with Crippen LogP contribution in [-0.4, -0.2) is 61.1 Å². The number of esters is 2. The van der Waals surface area contributed by atoms with Crippen LogP contribution in [0.15, 0.2) is 24.3 Å². The summed E-state index contributed by atoms with van der Waals surface area (Å²) in [6, 6.07) is 4.80. The van der Waals surface area contributed by atoms with E-state index in [4.69, 9.17) is 9.47 Å². The number of nitrogens with one attached hydrogen (secondary N) is 2. The van der Waals surface area contributed by atoms with E-state index in [2.05, 4.69) is 10.6 Å². The van der Waals surface area contributed by atoms with Crippen LogP contribution < -0.4 is 10.6 Å². The van der Waals surface area contributed by atoms with Crippen LogP contribution in [0.3, 0.4) is 0 Å². The first kappa shape index (κ1) is 20.2. The van der Waals surface area contributed by atoms with Gasteiger partial charge in [0.25, 0.3) is 0 Å². The Labute approximate surface area is 157 Å². The molecule has 0 radical (unpaired) electrons. The predicted octanol–water partition coefficient (Wildman–Crippen LogP) is 1.15. The average molecular weight is 377 g/mol. The summed E-state index contributed by atoms with van der Waals surface area (Å²) >= 11 is 0. The summed E-state index contributed by atoms with van der Waals surface area (Å²) in [6.45, 7) is 4.34. The Bertz CT molecular complexity index is 721. The lowest BCUT2D eigenvalue weighted by Crippen LogP contribution is -2.58. The number of rotatable bonds is 6. The van der Waals surface area contributed by atoms with E-state index in [9.17, 15) is 19.2 Å². The quantitative estimate of drug-likeness (QED) is 0.719.